The normalized spacial score (nSPS) is 16.5. The number of hydrogen-bond acceptors (Lipinski definition) is 6. The predicted octanol–water partition coefficient (Wildman–Crippen LogP) is 2.46. The van der Waals surface area contributed by atoms with Gasteiger partial charge >= 0.3 is 12.1 Å². The van der Waals surface area contributed by atoms with Crippen molar-refractivity contribution in [2.45, 2.75) is 57.1 Å². The first-order valence-corrected chi connectivity index (χ1v) is 10.6. The summed E-state index contributed by atoms with van der Waals surface area (Å²) in [5.41, 5.74) is 0.158. The predicted molar refractivity (Wildman–Crippen MR) is 104 cm³/mol. The van der Waals surface area contributed by atoms with Gasteiger partial charge in [-0.1, -0.05) is 6.07 Å². The summed E-state index contributed by atoms with van der Waals surface area (Å²) in [5.74, 6) is -0.586. The van der Waals surface area contributed by atoms with Crippen molar-refractivity contribution in [3.8, 4) is 0 Å². The minimum atomic E-state index is -3.76. The highest BCUT2D eigenvalue weighted by molar-refractivity contribution is 7.89. The van der Waals surface area contributed by atoms with Crippen LogP contribution in [0.15, 0.2) is 23.1 Å². The first-order valence-electron chi connectivity index (χ1n) is 9.12. The van der Waals surface area contributed by atoms with Gasteiger partial charge in [-0.15, -0.1) is 0 Å². The second kappa shape index (κ2) is 8.48. The molecule has 1 aliphatic rings. The van der Waals surface area contributed by atoms with E-state index in [1.54, 1.807) is 33.8 Å². The Hall–Kier alpha value is -2.13. The molecule has 28 heavy (non-hydrogen) atoms. The Morgan fingerprint density at radius 3 is 2.32 bits per heavy atom. The van der Waals surface area contributed by atoms with Crippen molar-refractivity contribution >= 4 is 22.1 Å². The van der Waals surface area contributed by atoms with E-state index < -0.39 is 27.7 Å². The van der Waals surface area contributed by atoms with E-state index in [1.807, 2.05) is 0 Å². The van der Waals surface area contributed by atoms with Gasteiger partial charge in [-0.3, -0.25) is 0 Å². The molecule has 2 rings (SSSR count). The van der Waals surface area contributed by atoms with Gasteiger partial charge in [-0.2, -0.15) is 4.31 Å². The largest absolute Gasteiger partial charge is 0.465 e. The van der Waals surface area contributed by atoms with E-state index in [9.17, 15) is 18.0 Å². The minimum absolute atomic E-state index is 0.0916. The Labute approximate surface area is 166 Å². The molecule has 1 heterocycles. The molecule has 1 aromatic carbocycles. The summed E-state index contributed by atoms with van der Waals surface area (Å²) in [6, 6.07) is 4.33. The summed E-state index contributed by atoms with van der Waals surface area (Å²) < 4.78 is 37.4. The number of methoxy groups -OCH3 is 1. The first kappa shape index (κ1) is 22.2. The van der Waals surface area contributed by atoms with Gasteiger partial charge in [-0.05, 0) is 58.2 Å². The number of piperidine rings is 1. The molecule has 9 heteroatoms. The Kier molecular flexibility index (Phi) is 6.71. The summed E-state index contributed by atoms with van der Waals surface area (Å²) in [5, 5.41) is 2.79. The van der Waals surface area contributed by atoms with Gasteiger partial charge < -0.3 is 14.8 Å². The number of sulfonamides is 1. The first-order chi connectivity index (χ1) is 12.9. The summed E-state index contributed by atoms with van der Waals surface area (Å²) >= 11 is 0. The average molecular weight is 413 g/mol. The maximum absolute atomic E-state index is 13.0. The number of hydrogen-bond donors (Lipinski definition) is 1. The van der Waals surface area contributed by atoms with Crippen LogP contribution in [0.1, 0.15) is 49.5 Å². The van der Waals surface area contributed by atoms with Crippen molar-refractivity contribution in [3.63, 3.8) is 0 Å². The van der Waals surface area contributed by atoms with Crippen LogP contribution >= 0.6 is 0 Å². The zero-order chi connectivity index (χ0) is 21.1. The van der Waals surface area contributed by atoms with Crippen LogP contribution in [-0.4, -0.2) is 56.6 Å². The number of amides is 1. The molecule has 1 amide bonds. The molecule has 156 valence electrons. The van der Waals surface area contributed by atoms with Crippen LogP contribution in [0.5, 0.6) is 0 Å². The number of rotatable bonds is 4. The average Bonchev–Trinajstić information content (AvgIpc) is 2.60. The molecule has 8 nitrogen and oxygen atoms in total. The van der Waals surface area contributed by atoms with Gasteiger partial charge in [-0.25, -0.2) is 18.0 Å². The lowest BCUT2D eigenvalue weighted by atomic mass is 10.1. The molecular formula is C19H28N2O6S. The number of nitrogens with zero attached hydrogens (tertiary/aromatic N) is 1. The molecule has 1 fully saturated rings. The number of benzene rings is 1. The number of ether oxygens (including phenoxy) is 2. The molecular weight excluding hydrogens is 384 g/mol. The zero-order valence-electron chi connectivity index (χ0n) is 16.9. The van der Waals surface area contributed by atoms with E-state index in [0.29, 0.717) is 18.4 Å². The van der Waals surface area contributed by atoms with Crippen molar-refractivity contribution in [1.29, 1.82) is 0 Å². The third-order valence-corrected chi connectivity index (χ3v) is 6.44. The molecule has 1 N–H and O–H groups in total. The molecule has 1 aliphatic heterocycles. The number of nitrogens with one attached hydrogen (secondary N) is 1. The van der Waals surface area contributed by atoms with Gasteiger partial charge in [0.1, 0.15) is 5.60 Å². The maximum Gasteiger partial charge on any atom is 0.407 e. The third-order valence-electron chi connectivity index (χ3n) is 4.40. The van der Waals surface area contributed by atoms with Gasteiger partial charge in [0, 0.05) is 19.1 Å². The summed E-state index contributed by atoms with van der Waals surface area (Å²) in [6.07, 6.45) is 0.457. The highest BCUT2D eigenvalue weighted by Crippen LogP contribution is 2.25. The topological polar surface area (TPSA) is 102 Å². The maximum atomic E-state index is 13.0. The number of esters is 1. The number of carbonyl (C=O) groups excluding carboxylic acids is 2. The van der Waals surface area contributed by atoms with Crippen LogP contribution in [0.2, 0.25) is 0 Å². The molecule has 0 atom stereocenters. The minimum Gasteiger partial charge on any atom is -0.465 e. The molecule has 0 spiro atoms. The van der Waals surface area contributed by atoms with E-state index in [-0.39, 0.29) is 29.6 Å². The van der Waals surface area contributed by atoms with Gasteiger partial charge in [0.25, 0.3) is 0 Å². The summed E-state index contributed by atoms with van der Waals surface area (Å²) in [7, 11) is -2.51. The van der Waals surface area contributed by atoms with Crippen LogP contribution in [0.25, 0.3) is 0 Å². The fourth-order valence-electron chi connectivity index (χ4n) is 2.98. The Morgan fingerprint density at radius 2 is 1.79 bits per heavy atom. The monoisotopic (exact) mass is 412 g/mol. The molecule has 0 radical (unpaired) electrons. The van der Waals surface area contributed by atoms with Crippen LogP contribution < -0.4 is 5.32 Å². The van der Waals surface area contributed by atoms with Crippen LogP contribution in [0.4, 0.5) is 4.79 Å². The van der Waals surface area contributed by atoms with Gasteiger partial charge in [0.2, 0.25) is 10.0 Å². The highest BCUT2D eigenvalue weighted by atomic mass is 32.2. The lowest BCUT2D eigenvalue weighted by molar-refractivity contribution is 0.0488. The molecule has 0 unspecified atom stereocenters. The Morgan fingerprint density at radius 1 is 1.18 bits per heavy atom. The van der Waals surface area contributed by atoms with E-state index in [0.717, 1.165) is 0 Å². The standard InChI is InChI=1S/C19H28N2O6S/c1-13-6-7-14(17(22)26-5)12-16(13)28(24,25)21-10-8-15(9-11-21)20-18(23)27-19(2,3)4/h6-7,12,15H,8-11H2,1-5H3,(H,20,23). The van der Waals surface area contributed by atoms with E-state index in [1.165, 1.54) is 23.5 Å². The van der Waals surface area contributed by atoms with Crippen LogP contribution in [-0.2, 0) is 19.5 Å². The zero-order valence-corrected chi connectivity index (χ0v) is 17.8. The van der Waals surface area contributed by atoms with Crippen molar-refractivity contribution in [1.82, 2.24) is 9.62 Å². The smallest absolute Gasteiger partial charge is 0.407 e. The van der Waals surface area contributed by atoms with E-state index in [2.05, 4.69) is 10.1 Å². The third kappa shape index (κ3) is 5.45. The quantitative estimate of drug-likeness (QED) is 0.762. The fourth-order valence-corrected chi connectivity index (χ4v) is 4.70. The fraction of sp³-hybridized carbons (Fsp3) is 0.579. The van der Waals surface area contributed by atoms with Crippen molar-refractivity contribution in [2.75, 3.05) is 20.2 Å². The van der Waals surface area contributed by atoms with Crippen molar-refractivity contribution in [2.24, 2.45) is 0 Å². The van der Waals surface area contributed by atoms with Gasteiger partial charge in [0.05, 0.1) is 17.6 Å². The molecule has 0 aliphatic carbocycles. The summed E-state index contributed by atoms with van der Waals surface area (Å²) in [4.78, 5) is 23.7. The number of alkyl carbamates (subject to hydrolysis) is 1. The molecule has 1 saturated heterocycles. The van der Waals surface area contributed by atoms with Crippen LogP contribution in [0.3, 0.4) is 0 Å². The second-order valence-electron chi connectivity index (χ2n) is 7.80. The molecule has 0 aromatic heterocycles. The summed E-state index contributed by atoms with van der Waals surface area (Å²) in [6.45, 7) is 7.58. The van der Waals surface area contributed by atoms with E-state index >= 15 is 0 Å². The van der Waals surface area contributed by atoms with Crippen molar-refractivity contribution < 1.29 is 27.5 Å². The number of carbonyl (C=O) groups is 2. The lowest BCUT2D eigenvalue weighted by Gasteiger charge is -2.32. The second-order valence-corrected chi connectivity index (χ2v) is 9.70. The van der Waals surface area contributed by atoms with E-state index in [4.69, 9.17) is 4.74 Å². The van der Waals surface area contributed by atoms with Crippen LogP contribution in [0, 0.1) is 6.92 Å². The van der Waals surface area contributed by atoms with Gasteiger partial charge in [0.15, 0.2) is 0 Å². The SMILES string of the molecule is COC(=O)c1ccc(C)c(S(=O)(=O)N2CCC(NC(=O)OC(C)(C)C)CC2)c1. The Bertz CT molecular complexity index is 836. The molecule has 0 saturated carbocycles. The Balaban J connectivity index is 2.07. The lowest BCUT2D eigenvalue weighted by Crippen LogP contribution is -2.47. The van der Waals surface area contributed by atoms with Crippen molar-refractivity contribution in [3.05, 3.63) is 29.3 Å². The molecule has 1 aromatic rings. The number of aryl methyl sites for hydroxylation is 1. The highest BCUT2D eigenvalue weighted by Gasteiger charge is 2.32. The molecule has 0 bridgehead atoms.